The number of fused-ring (bicyclic) bond motifs is 1. The van der Waals surface area contributed by atoms with Crippen LogP contribution in [-0.2, 0) is 11.2 Å². The quantitative estimate of drug-likeness (QED) is 0.627. The van der Waals surface area contributed by atoms with E-state index in [1.165, 1.54) is 0 Å². The molecular formula is C21H22N2O3. The lowest BCUT2D eigenvalue weighted by molar-refractivity contribution is -0.116. The zero-order valence-corrected chi connectivity index (χ0v) is 14.7. The minimum atomic E-state index is -0.546. The fourth-order valence-corrected chi connectivity index (χ4v) is 2.80. The molecule has 5 heteroatoms. The van der Waals surface area contributed by atoms with Crippen LogP contribution in [-0.4, -0.2) is 12.5 Å². The topological polar surface area (TPSA) is 71.3 Å². The minimum absolute atomic E-state index is 0.176. The van der Waals surface area contributed by atoms with Gasteiger partial charge in [0, 0.05) is 18.4 Å². The van der Waals surface area contributed by atoms with Crippen molar-refractivity contribution in [2.45, 2.75) is 26.2 Å². The Morgan fingerprint density at radius 1 is 1.00 bits per heavy atom. The monoisotopic (exact) mass is 350 g/mol. The molecule has 0 radical (unpaired) electrons. The molecule has 0 aliphatic carbocycles. The van der Waals surface area contributed by atoms with Gasteiger partial charge in [0.25, 0.3) is 0 Å². The lowest BCUT2D eigenvalue weighted by atomic mass is 10.1. The van der Waals surface area contributed by atoms with E-state index in [1.807, 2.05) is 55.5 Å². The normalized spacial score (nSPS) is 10.7. The molecule has 1 amide bonds. The van der Waals surface area contributed by atoms with Gasteiger partial charge in [-0.2, -0.15) is 0 Å². The van der Waals surface area contributed by atoms with E-state index in [0.717, 1.165) is 17.4 Å². The van der Waals surface area contributed by atoms with E-state index in [4.69, 9.17) is 4.42 Å². The first kappa shape index (κ1) is 17.7. The zero-order chi connectivity index (χ0) is 18.4. The van der Waals surface area contributed by atoms with Gasteiger partial charge in [-0.25, -0.2) is 4.79 Å². The Kier molecular flexibility index (Phi) is 5.69. The van der Waals surface area contributed by atoms with Crippen LogP contribution in [0.15, 0.2) is 63.8 Å². The van der Waals surface area contributed by atoms with Crippen molar-refractivity contribution >= 4 is 28.3 Å². The highest BCUT2D eigenvalue weighted by Crippen LogP contribution is 2.28. The Morgan fingerprint density at radius 2 is 1.73 bits per heavy atom. The van der Waals surface area contributed by atoms with E-state index in [9.17, 15) is 9.59 Å². The fourth-order valence-electron chi connectivity index (χ4n) is 2.80. The number of anilines is 2. The number of carbonyl (C=O) groups is 1. The van der Waals surface area contributed by atoms with E-state index < -0.39 is 5.63 Å². The average Bonchev–Trinajstić information content (AvgIpc) is 2.67. The van der Waals surface area contributed by atoms with E-state index in [0.29, 0.717) is 30.7 Å². The van der Waals surface area contributed by atoms with E-state index >= 15 is 0 Å². The smallest absolute Gasteiger partial charge is 0.362 e. The molecule has 0 unspecified atom stereocenters. The maximum Gasteiger partial charge on any atom is 0.362 e. The molecule has 0 aliphatic rings. The Bertz CT molecular complexity index is 948. The summed E-state index contributed by atoms with van der Waals surface area (Å²) in [5.74, 6) is -0.212. The molecule has 0 fully saturated rings. The summed E-state index contributed by atoms with van der Waals surface area (Å²) in [6.45, 7) is 2.74. The second-order valence-electron chi connectivity index (χ2n) is 6.10. The molecule has 0 aliphatic heterocycles. The van der Waals surface area contributed by atoms with Gasteiger partial charge in [-0.1, -0.05) is 49.4 Å². The molecular weight excluding hydrogens is 328 g/mol. The van der Waals surface area contributed by atoms with E-state index in [1.54, 1.807) is 6.07 Å². The van der Waals surface area contributed by atoms with Crippen molar-refractivity contribution in [3.05, 3.63) is 70.6 Å². The third-order valence-corrected chi connectivity index (χ3v) is 4.11. The Morgan fingerprint density at radius 3 is 2.50 bits per heavy atom. The highest BCUT2D eigenvalue weighted by Gasteiger charge is 2.16. The van der Waals surface area contributed by atoms with Crippen molar-refractivity contribution in [1.29, 1.82) is 0 Å². The Balaban J connectivity index is 1.84. The molecule has 134 valence electrons. The number of para-hydroxylation sites is 1. The predicted octanol–water partition coefficient (Wildman–Crippen LogP) is 4.19. The lowest BCUT2D eigenvalue weighted by Crippen LogP contribution is -2.20. The summed E-state index contributed by atoms with van der Waals surface area (Å²) in [6, 6.07) is 17.1. The predicted molar refractivity (Wildman–Crippen MR) is 105 cm³/mol. The number of aryl methyl sites for hydroxylation is 1. The largest absolute Gasteiger partial charge is 0.421 e. The first-order chi connectivity index (χ1) is 12.7. The van der Waals surface area contributed by atoms with Crippen LogP contribution in [0.1, 0.15) is 25.3 Å². The molecule has 5 nitrogen and oxygen atoms in total. The van der Waals surface area contributed by atoms with Crippen molar-refractivity contribution in [2.75, 3.05) is 17.2 Å². The van der Waals surface area contributed by atoms with Crippen molar-refractivity contribution in [2.24, 2.45) is 0 Å². The standard InChI is InChI=1S/C21H22N2O3/c1-2-14-22-19-16-10-6-7-11-17(16)26-21(25)20(19)23-18(24)13-12-15-8-4-3-5-9-15/h3-11,22H,2,12-14H2,1H3,(H,23,24). The van der Waals surface area contributed by atoms with Gasteiger partial charge in [0.15, 0.2) is 5.69 Å². The molecule has 2 aromatic carbocycles. The van der Waals surface area contributed by atoms with E-state index in [-0.39, 0.29) is 11.6 Å². The third-order valence-electron chi connectivity index (χ3n) is 4.11. The molecule has 3 rings (SSSR count). The number of amides is 1. The second kappa shape index (κ2) is 8.34. The van der Waals surface area contributed by atoms with Gasteiger partial charge in [0.05, 0.1) is 5.69 Å². The fraction of sp³-hybridized carbons (Fsp3) is 0.238. The average molecular weight is 350 g/mol. The van der Waals surface area contributed by atoms with Gasteiger partial charge in [-0.15, -0.1) is 0 Å². The van der Waals surface area contributed by atoms with Crippen molar-refractivity contribution in [3.8, 4) is 0 Å². The molecule has 0 saturated carbocycles. The first-order valence-corrected chi connectivity index (χ1v) is 8.82. The van der Waals surface area contributed by atoms with Gasteiger partial charge in [-0.05, 0) is 30.5 Å². The van der Waals surface area contributed by atoms with Crippen molar-refractivity contribution in [1.82, 2.24) is 0 Å². The molecule has 0 bridgehead atoms. The van der Waals surface area contributed by atoms with Crippen LogP contribution in [0, 0.1) is 0 Å². The summed E-state index contributed by atoms with van der Waals surface area (Å²) in [4.78, 5) is 24.8. The van der Waals surface area contributed by atoms with E-state index in [2.05, 4.69) is 10.6 Å². The number of hydrogen-bond donors (Lipinski definition) is 2. The number of carbonyl (C=O) groups excluding carboxylic acids is 1. The molecule has 0 saturated heterocycles. The summed E-state index contributed by atoms with van der Waals surface area (Å²) in [5.41, 5.74) is 1.83. The molecule has 3 aromatic rings. The number of hydrogen-bond acceptors (Lipinski definition) is 4. The highest BCUT2D eigenvalue weighted by atomic mass is 16.4. The van der Waals surface area contributed by atoms with Crippen molar-refractivity contribution in [3.63, 3.8) is 0 Å². The van der Waals surface area contributed by atoms with Gasteiger partial charge in [-0.3, -0.25) is 4.79 Å². The molecule has 26 heavy (non-hydrogen) atoms. The summed E-state index contributed by atoms with van der Waals surface area (Å²) in [6.07, 6.45) is 1.81. The van der Waals surface area contributed by atoms with Crippen LogP contribution < -0.4 is 16.3 Å². The van der Waals surface area contributed by atoms with Crippen molar-refractivity contribution < 1.29 is 9.21 Å². The Labute approximate surface area is 152 Å². The molecule has 1 heterocycles. The van der Waals surface area contributed by atoms with Crippen LogP contribution >= 0.6 is 0 Å². The third kappa shape index (κ3) is 4.11. The van der Waals surface area contributed by atoms with Gasteiger partial charge in [0.1, 0.15) is 5.58 Å². The minimum Gasteiger partial charge on any atom is -0.421 e. The van der Waals surface area contributed by atoms with Crippen LogP contribution in [0.3, 0.4) is 0 Å². The first-order valence-electron chi connectivity index (χ1n) is 8.82. The summed E-state index contributed by atoms with van der Waals surface area (Å²) in [5, 5.41) is 6.77. The highest BCUT2D eigenvalue weighted by molar-refractivity contribution is 6.02. The maximum absolute atomic E-state index is 12.4. The second-order valence-corrected chi connectivity index (χ2v) is 6.10. The molecule has 1 aromatic heterocycles. The number of nitrogens with one attached hydrogen (secondary N) is 2. The van der Waals surface area contributed by atoms with Crippen LogP contribution in [0.4, 0.5) is 11.4 Å². The maximum atomic E-state index is 12.4. The Hall–Kier alpha value is -3.08. The van der Waals surface area contributed by atoms with Crippen LogP contribution in [0.5, 0.6) is 0 Å². The lowest BCUT2D eigenvalue weighted by Gasteiger charge is -2.14. The van der Waals surface area contributed by atoms with Gasteiger partial charge >= 0.3 is 5.63 Å². The van der Waals surface area contributed by atoms with Crippen LogP contribution in [0.2, 0.25) is 0 Å². The van der Waals surface area contributed by atoms with Gasteiger partial charge in [0.2, 0.25) is 5.91 Å². The summed E-state index contributed by atoms with van der Waals surface area (Å²) < 4.78 is 5.37. The van der Waals surface area contributed by atoms with Gasteiger partial charge < -0.3 is 15.1 Å². The summed E-state index contributed by atoms with van der Waals surface area (Å²) >= 11 is 0. The number of benzene rings is 2. The van der Waals surface area contributed by atoms with Crippen LogP contribution in [0.25, 0.3) is 11.0 Å². The summed E-state index contributed by atoms with van der Waals surface area (Å²) in [7, 11) is 0. The SMILES string of the molecule is CCCNc1c(NC(=O)CCc2ccccc2)c(=O)oc2ccccc12. The molecule has 0 atom stereocenters. The zero-order valence-electron chi connectivity index (χ0n) is 14.7. The molecule has 2 N–H and O–H groups in total. The molecule has 0 spiro atoms. The number of rotatable bonds is 7.